The summed E-state index contributed by atoms with van der Waals surface area (Å²) in [4.78, 5) is 14.3. The number of nitrogens with zero attached hydrogens (tertiary/aromatic N) is 3. The van der Waals surface area contributed by atoms with Crippen molar-refractivity contribution in [2.24, 2.45) is 0 Å². The summed E-state index contributed by atoms with van der Waals surface area (Å²) < 4.78 is 6.85. The Morgan fingerprint density at radius 3 is 2.08 bits per heavy atom. The Bertz CT molecular complexity index is 1290. The number of benzene rings is 3. The van der Waals surface area contributed by atoms with E-state index in [4.69, 9.17) is 4.74 Å². The highest BCUT2D eigenvalue weighted by Gasteiger charge is 2.44. The number of rotatable bonds is 9. The predicted molar refractivity (Wildman–Crippen MR) is 152 cm³/mol. The largest absolute Gasteiger partial charge is 0.466 e. The quantitative estimate of drug-likeness (QED) is 0.191. The second-order valence-electron chi connectivity index (χ2n) is 9.87. The third-order valence-corrected chi connectivity index (χ3v) is 7.40. The number of likely N-dealkylation sites (tertiary alicyclic amines) is 1. The van der Waals surface area contributed by atoms with Gasteiger partial charge in [0.2, 0.25) is 0 Å². The minimum absolute atomic E-state index is 0.203. The lowest BCUT2D eigenvalue weighted by Gasteiger charge is -2.48. The first-order valence-electron chi connectivity index (χ1n) is 13.6. The summed E-state index contributed by atoms with van der Waals surface area (Å²) in [7, 11) is 0. The zero-order valence-electron chi connectivity index (χ0n) is 22.3. The van der Waals surface area contributed by atoms with Gasteiger partial charge < -0.3 is 9.84 Å². The van der Waals surface area contributed by atoms with E-state index in [2.05, 4.69) is 107 Å². The van der Waals surface area contributed by atoms with Crippen LogP contribution in [0.4, 0.5) is 0 Å². The molecule has 1 aliphatic heterocycles. The molecule has 1 unspecified atom stereocenters. The Kier molecular flexibility index (Phi) is 8.35. The lowest BCUT2D eigenvalue weighted by atomic mass is 9.74. The molecule has 1 saturated heterocycles. The van der Waals surface area contributed by atoms with Crippen LogP contribution in [0.2, 0.25) is 0 Å². The van der Waals surface area contributed by atoms with Gasteiger partial charge in [-0.3, -0.25) is 14.4 Å². The lowest BCUT2D eigenvalue weighted by molar-refractivity contribution is -0.142. The first-order chi connectivity index (χ1) is 19.1. The van der Waals surface area contributed by atoms with E-state index in [0.29, 0.717) is 26.1 Å². The molecule has 200 valence electrons. The molecule has 1 atom stereocenters. The smallest absolute Gasteiger partial charge is 0.310 e. The predicted octanol–water partition coefficient (Wildman–Crippen LogP) is 4.97. The molecule has 5 rings (SSSR count). The van der Waals surface area contributed by atoms with Crippen LogP contribution in [0, 0.1) is 0 Å². The summed E-state index contributed by atoms with van der Waals surface area (Å²) in [6, 6.07) is 31.9. The second-order valence-corrected chi connectivity index (χ2v) is 9.87. The van der Waals surface area contributed by atoms with Gasteiger partial charge in [0, 0.05) is 24.8 Å². The van der Waals surface area contributed by atoms with E-state index >= 15 is 0 Å². The van der Waals surface area contributed by atoms with Crippen molar-refractivity contribution >= 4 is 5.97 Å². The Labute approximate surface area is 230 Å². The number of aliphatic hydroxyl groups excluding tert-OH is 1. The van der Waals surface area contributed by atoms with Crippen LogP contribution < -0.4 is 0 Å². The van der Waals surface area contributed by atoms with Gasteiger partial charge in [-0.05, 0) is 35.6 Å². The van der Waals surface area contributed by atoms with E-state index in [1.807, 2.05) is 6.20 Å². The molecule has 0 amide bonds. The molecule has 0 saturated carbocycles. The number of aromatic nitrogens is 2. The van der Waals surface area contributed by atoms with E-state index in [-0.39, 0.29) is 12.4 Å². The van der Waals surface area contributed by atoms with Crippen molar-refractivity contribution in [1.29, 1.82) is 0 Å². The molecule has 1 N–H and O–H groups in total. The number of carbonyl (C=O) groups is 1. The van der Waals surface area contributed by atoms with Gasteiger partial charge in [0.15, 0.2) is 0 Å². The topological polar surface area (TPSA) is 67.6 Å². The van der Waals surface area contributed by atoms with Crippen molar-refractivity contribution in [3.63, 3.8) is 0 Å². The van der Waals surface area contributed by atoms with E-state index in [0.717, 1.165) is 17.7 Å². The van der Waals surface area contributed by atoms with Gasteiger partial charge in [-0.15, -0.1) is 0 Å². The second kappa shape index (κ2) is 12.2. The summed E-state index contributed by atoms with van der Waals surface area (Å²) >= 11 is 0. The van der Waals surface area contributed by atoms with Gasteiger partial charge in [0.1, 0.15) is 0 Å². The van der Waals surface area contributed by atoms with E-state index in [1.54, 1.807) is 17.8 Å². The maximum absolute atomic E-state index is 11.8. The van der Waals surface area contributed by atoms with Gasteiger partial charge in [0.25, 0.3) is 0 Å². The fourth-order valence-corrected chi connectivity index (χ4v) is 5.63. The minimum atomic E-state index is -0.526. The molecule has 3 aromatic carbocycles. The molecule has 6 heteroatoms. The SMILES string of the molecule is CCOC(=O)Cc1cnn(CC=C2CN(C(c3ccccc3)(c3ccccc3)c3ccccc3)CCC2O)c1. The van der Waals surface area contributed by atoms with Gasteiger partial charge >= 0.3 is 5.97 Å². The number of piperidine rings is 1. The molecule has 39 heavy (non-hydrogen) atoms. The summed E-state index contributed by atoms with van der Waals surface area (Å²) in [5.74, 6) is -0.257. The van der Waals surface area contributed by atoms with Gasteiger partial charge in [-0.25, -0.2) is 0 Å². The molecular weight excluding hydrogens is 486 g/mol. The average Bonchev–Trinajstić information content (AvgIpc) is 3.42. The molecule has 6 nitrogen and oxygen atoms in total. The van der Waals surface area contributed by atoms with Gasteiger partial charge in [-0.2, -0.15) is 5.10 Å². The van der Waals surface area contributed by atoms with Crippen LogP contribution in [0.25, 0.3) is 0 Å². The third-order valence-electron chi connectivity index (χ3n) is 7.40. The van der Waals surface area contributed by atoms with Crippen molar-refractivity contribution in [1.82, 2.24) is 14.7 Å². The first kappa shape index (κ1) is 26.6. The van der Waals surface area contributed by atoms with E-state index in [9.17, 15) is 9.90 Å². The molecule has 1 fully saturated rings. The number of esters is 1. The standard InChI is InChI=1S/C33H35N3O3/c1-2-39-32(38)22-26-23-34-36(24-26)21-18-27-25-35(20-19-31(27)37)33(28-12-6-3-7-13-28,29-14-8-4-9-15-29)30-16-10-5-11-17-30/h3-18,23-24,31,37H,2,19-22,25H2,1H3. The van der Waals surface area contributed by atoms with E-state index in [1.165, 1.54) is 16.7 Å². The summed E-state index contributed by atoms with van der Waals surface area (Å²) in [6.07, 6.45) is 5.95. The van der Waals surface area contributed by atoms with Crippen LogP contribution in [-0.2, 0) is 28.0 Å². The fourth-order valence-electron chi connectivity index (χ4n) is 5.63. The normalized spacial score (nSPS) is 17.3. The lowest BCUT2D eigenvalue weighted by Crippen LogP contribution is -2.53. The maximum atomic E-state index is 11.8. The van der Waals surface area contributed by atoms with Crippen LogP contribution in [-0.4, -0.2) is 51.6 Å². The highest BCUT2D eigenvalue weighted by molar-refractivity contribution is 5.72. The van der Waals surface area contributed by atoms with Crippen LogP contribution in [0.15, 0.2) is 115 Å². The molecule has 4 aromatic rings. The molecule has 0 aliphatic carbocycles. The number of hydrogen-bond donors (Lipinski definition) is 1. The highest BCUT2D eigenvalue weighted by atomic mass is 16.5. The number of carbonyl (C=O) groups excluding carboxylic acids is 1. The maximum Gasteiger partial charge on any atom is 0.310 e. The Balaban J connectivity index is 1.49. The third kappa shape index (κ3) is 5.72. The van der Waals surface area contributed by atoms with Crippen molar-refractivity contribution in [2.75, 3.05) is 19.7 Å². The monoisotopic (exact) mass is 521 g/mol. The van der Waals surface area contributed by atoms with E-state index < -0.39 is 11.6 Å². The van der Waals surface area contributed by atoms with Gasteiger partial charge in [0.05, 0.1) is 37.4 Å². The molecular formula is C33H35N3O3. The molecule has 1 aliphatic rings. The Morgan fingerprint density at radius 1 is 0.974 bits per heavy atom. The minimum Gasteiger partial charge on any atom is -0.466 e. The Hall–Kier alpha value is -4.00. The van der Waals surface area contributed by atoms with Crippen molar-refractivity contribution in [2.45, 2.75) is 38.0 Å². The summed E-state index contributed by atoms with van der Waals surface area (Å²) in [6.45, 7) is 4.02. The van der Waals surface area contributed by atoms with Crippen LogP contribution >= 0.6 is 0 Å². The van der Waals surface area contributed by atoms with Crippen LogP contribution in [0.5, 0.6) is 0 Å². The first-order valence-corrected chi connectivity index (χ1v) is 13.6. The number of hydrogen-bond acceptors (Lipinski definition) is 5. The van der Waals surface area contributed by atoms with Crippen LogP contribution in [0.1, 0.15) is 35.6 Å². The zero-order valence-corrected chi connectivity index (χ0v) is 22.3. The zero-order chi connectivity index (χ0) is 27.1. The molecule has 1 aromatic heterocycles. The van der Waals surface area contributed by atoms with Crippen molar-refractivity contribution in [3.05, 3.63) is 137 Å². The number of aliphatic hydroxyl groups is 1. The molecule has 0 radical (unpaired) electrons. The highest BCUT2D eigenvalue weighted by Crippen LogP contribution is 2.44. The average molecular weight is 522 g/mol. The summed E-state index contributed by atoms with van der Waals surface area (Å²) in [5.41, 5.74) is 4.82. The molecule has 0 spiro atoms. The Morgan fingerprint density at radius 2 is 1.54 bits per heavy atom. The number of allylic oxidation sites excluding steroid dienone is 1. The molecule has 2 heterocycles. The van der Waals surface area contributed by atoms with Crippen LogP contribution in [0.3, 0.4) is 0 Å². The van der Waals surface area contributed by atoms with Crippen molar-refractivity contribution in [3.8, 4) is 0 Å². The van der Waals surface area contributed by atoms with Crippen molar-refractivity contribution < 1.29 is 14.6 Å². The molecule has 0 bridgehead atoms. The fraction of sp³-hybridized carbons (Fsp3) is 0.273. The summed E-state index contributed by atoms with van der Waals surface area (Å²) in [5, 5.41) is 15.5. The van der Waals surface area contributed by atoms with Gasteiger partial charge in [-0.1, -0.05) is 97.1 Å². The number of ether oxygens (including phenoxy) is 1.